The van der Waals surface area contributed by atoms with Gasteiger partial charge in [0.1, 0.15) is 6.42 Å². The highest BCUT2D eigenvalue weighted by Gasteiger charge is 2.21. The smallest absolute Gasteiger partial charge is 0.247 e. The molecule has 6 nitrogen and oxygen atoms in total. The predicted molar refractivity (Wildman–Crippen MR) is 86.1 cm³/mol. The summed E-state index contributed by atoms with van der Waals surface area (Å²) in [4.78, 5) is 24.1. The van der Waals surface area contributed by atoms with E-state index in [4.69, 9.17) is 12.2 Å². The van der Waals surface area contributed by atoms with Crippen LogP contribution in [0, 0.1) is 5.92 Å². The molecule has 2 amide bonds. The van der Waals surface area contributed by atoms with E-state index in [0.29, 0.717) is 5.92 Å². The van der Waals surface area contributed by atoms with Gasteiger partial charge in [0.2, 0.25) is 11.8 Å². The Morgan fingerprint density at radius 2 is 1.52 bits per heavy atom. The third-order valence-electron chi connectivity index (χ3n) is 3.50. The number of carbonyl (C=O) groups is 2. The van der Waals surface area contributed by atoms with Gasteiger partial charge in [-0.15, -0.1) is 0 Å². The monoisotopic (exact) mass is 314 g/mol. The molecule has 0 aromatic rings. The van der Waals surface area contributed by atoms with Crippen LogP contribution in [0.4, 0.5) is 0 Å². The zero-order valence-electron chi connectivity index (χ0n) is 13.1. The summed E-state index contributed by atoms with van der Waals surface area (Å²) in [6, 6.07) is 0. The fourth-order valence-electron chi connectivity index (χ4n) is 2.52. The molecule has 0 saturated heterocycles. The van der Waals surface area contributed by atoms with Crippen molar-refractivity contribution in [3.8, 4) is 0 Å². The van der Waals surface area contributed by atoms with Gasteiger partial charge in [0.15, 0.2) is 0 Å². The van der Waals surface area contributed by atoms with Crippen LogP contribution in [-0.2, 0) is 9.59 Å². The van der Waals surface area contributed by atoms with Crippen LogP contribution in [-0.4, -0.2) is 48.0 Å². The summed E-state index contributed by atoms with van der Waals surface area (Å²) in [5.41, 5.74) is 5.21. The Morgan fingerprint density at radius 3 is 2.05 bits per heavy atom. The molecule has 0 bridgehead atoms. The average Bonchev–Trinajstić information content (AvgIpc) is 2.64. The molecule has 0 radical (unpaired) electrons. The number of hydrogen-bond donors (Lipinski definition) is 2. The van der Waals surface area contributed by atoms with Crippen molar-refractivity contribution in [2.75, 3.05) is 21.1 Å². The number of nitrogens with one attached hydrogen (secondary N) is 2. The fraction of sp³-hybridized carbons (Fsp3) is 0.786. The lowest BCUT2D eigenvalue weighted by Gasteiger charge is -2.26. The third-order valence-corrected chi connectivity index (χ3v) is 4.10. The van der Waals surface area contributed by atoms with Crippen molar-refractivity contribution in [2.24, 2.45) is 5.92 Å². The molecule has 0 aliphatic heterocycles. The van der Waals surface area contributed by atoms with Gasteiger partial charge in [0, 0.05) is 27.1 Å². The van der Waals surface area contributed by atoms with Crippen LogP contribution in [0.3, 0.4) is 0 Å². The molecule has 120 valence electrons. The third kappa shape index (κ3) is 6.86. The summed E-state index contributed by atoms with van der Waals surface area (Å²) in [6.45, 7) is 0. The molecule has 2 N–H and O–H groups in total. The minimum Gasteiger partial charge on any atom is -0.289 e. The van der Waals surface area contributed by atoms with Crippen LogP contribution in [0.1, 0.15) is 44.9 Å². The van der Waals surface area contributed by atoms with Gasteiger partial charge in [-0.2, -0.15) is 0 Å². The molecule has 0 aromatic carbocycles. The zero-order chi connectivity index (χ0) is 15.8. The number of amides is 2. The van der Waals surface area contributed by atoms with Gasteiger partial charge < -0.3 is 0 Å². The number of hydrazine groups is 2. The van der Waals surface area contributed by atoms with Gasteiger partial charge in [-0.3, -0.25) is 25.4 Å². The van der Waals surface area contributed by atoms with E-state index in [2.05, 4.69) is 10.9 Å². The predicted octanol–water partition coefficient (Wildman–Crippen LogP) is 1.23. The molecule has 0 unspecified atom stereocenters. The van der Waals surface area contributed by atoms with E-state index in [1.54, 1.807) is 26.2 Å². The number of hydrogen-bond acceptors (Lipinski definition) is 4. The zero-order valence-corrected chi connectivity index (χ0v) is 14.0. The molecule has 1 saturated carbocycles. The topological polar surface area (TPSA) is 64.7 Å². The van der Waals surface area contributed by atoms with Crippen molar-refractivity contribution in [1.82, 2.24) is 20.9 Å². The molecule has 0 atom stereocenters. The van der Waals surface area contributed by atoms with E-state index < -0.39 is 0 Å². The van der Waals surface area contributed by atoms with Crippen molar-refractivity contribution in [3.63, 3.8) is 0 Å². The first-order valence-corrected chi connectivity index (χ1v) is 7.85. The van der Waals surface area contributed by atoms with Crippen LogP contribution in [0.2, 0.25) is 0 Å². The second-order valence-corrected chi connectivity index (χ2v) is 6.15. The van der Waals surface area contributed by atoms with Crippen molar-refractivity contribution < 1.29 is 9.59 Å². The first-order chi connectivity index (χ1) is 9.90. The highest BCUT2D eigenvalue weighted by Crippen LogP contribution is 2.24. The number of thiocarbonyl (C=S) groups is 1. The van der Waals surface area contributed by atoms with Gasteiger partial charge >= 0.3 is 0 Å². The van der Waals surface area contributed by atoms with E-state index in [9.17, 15) is 9.59 Å². The average molecular weight is 314 g/mol. The van der Waals surface area contributed by atoms with Gasteiger partial charge in [-0.05, 0) is 12.8 Å². The first kappa shape index (κ1) is 17.8. The van der Waals surface area contributed by atoms with Crippen LogP contribution in [0.25, 0.3) is 0 Å². The fourth-order valence-corrected chi connectivity index (χ4v) is 2.80. The molecule has 21 heavy (non-hydrogen) atoms. The highest BCUT2D eigenvalue weighted by atomic mass is 32.1. The van der Waals surface area contributed by atoms with Crippen LogP contribution >= 0.6 is 12.2 Å². The SMILES string of the molecule is CN(C)NC(=O)CC(=O)NN(C)C(=S)C1CCCCCC1. The minimum absolute atomic E-state index is 0.213. The number of nitrogens with zero attached hydrogens (tertiary/aromatic N) is 2. The summed E-state index contributed by atoms with van der Waals surface area (Å²) in [6.07, 6.45) is 6.87. The maximum absolute atomic E-state index is 11.8. The Balaban J connectivity index is 2.40. The quantitative estimate of drug-likeness (QED) is 0.354. The summed E-state index contributed by atoms with van der Waals surface area (Å²) in [5, 5.41) is 3.10. The standard InChI is InChI=1S/C14H26N4O2S/c1-17(2)15-12(19)10-13(20)16-18(3)14(21)11-8-6-4-5-7-9-11/h11H,4-10H2,1-3H3,(H,15,19)(H,16,20). The number of carbonyl (C=O) groups excluding carboxylic acids is 2. The van der Waals surface area contributed by atoms with E-state index in [1.807, 2.05) is 0 Å². The van der Waals surface area contributed by atoms with E-state index in [-0.39, 0.29) is 18.2 Å². The van der Waals surface area contributed by atoms with E-state index in [0.717, 1.165) is 17.8 Å². The maximum atomic E-state index is 11.8. The molecule has 7 heteroatoms. The second kappa shape index (κ2) is 8.94. The summed E-state index contributed by atoms with van der Waals surface area (Å²) in [7, 11) is 5.14. The molecular weight excluding hydrogens is 288 g/mol. The van der Waals surface area contributed by atoms with Crippen LogP contribution in [0.5, 0.6) is 0 Å². The van der Waals surface area contributed by atoms with Crippen molar-refractivity contribution in [2.45, 2.75) is 44.9 Å². The van der Waals surface area contributed by atoms with Crippen LogP contribution in [0.15, 0.2) is 0 Å². The van der Waals surface area contributed by atoms with Gasteiger partial charge in [0.05, 0.1) is 4.99 Å². The molecule has 1 aliphatic carbocycles. The molecule has 1 rings (SSSR count). The van der Waals surface area contributed by atoms with Crippen LogP contribution < -0.4 is 10.9 Å². The van der Waals surface area contributed by atoms with Crippen molar-refractivity contribution in [1.29, 1.82) is 0 Å². The Labute approximate surface area is 132 Å². The summed E-state index contributed by atoms with van der Waals surface area (Å²) < 4.78 is 0. The maximum Gasteiger partial charge on any atom is 0.247 e. The second-order valence-electron chi connectivity index (χ2n) is 5.73. The van der Waals surface area contributed by atoms with E-state index in [1.165, 1.54) is 30.7 Å². The largest absolute Gasteiger partial charge is 0.289 e. The van der Waals surface area contributed by atoms with Gasteiger partial charge in [-0.25, -0.2) is 5.01 Å². The van der Waals surface area contributed by atoms with Crippen molar-refractivity contribution >= 4 is 29.0 Å². The lowest BCUT2D eigenvalue weighted by molar-refractivity contribution is -0.132. The van der Waals surface area contributed by atoms with E-state index >= 15 is 0 Å². The summed E-state index contributed by atoms with van der Waals surface area (Å²) in [5.74, 6) is -0.345. The molecule has 0 aromatic heterocycles. The first-order valence-electron chi connectivity index (χ1n) is 7.44. The van der Waals surface area contributed by atoms with Crippen molar-refractivity contribution in [3.05, 3.63) is 0 Å². The Morgan fingerprint density at radius 1 is 1.00 bits per heavy atom. The van der Waals surface area contributed by atoms with Gasteiger partial charge in [0.25, 0.3) is 0 Å². The lowest BCUT2D eigenvalue weighted by atomic mass is 10.0. The Bertz CT molecular complexity index is 379. The van der Waals surface area contributed by atoms with Gasteiger partial charge in [-0.1, -0.05) is 37.9 Å². The molecule has 1 aliphatic rings. The normalized spacial score (nSPS) is 16.2. The number of rotatable bonds is 4. The Hall–Kier alpha value is -1.21. The Kier molecular flexibility index (Phi) is 7.60. The molecule has 0 heterocycles. The minimum atomic E-state index is -0.354. The summed E-state index contributed by atoms with van der Waals surface area (Å²) >= 11 is 5.46. The molecular formula is C14H26N4O2S. The molecule has 1 fully saturated rings. The highest BCUT2D eigenvalue weighted by molar-refractivity contribution is 7.80. The lowest BCUT2D eigenvalue weighted by Crippen LogP contribution is -2.47. The molecule has 0 spiro atoms.